The van der Waals surface area contributed by atoms with E-state index >= 15 is 0 Å². The fourth-order valence-corrected chi connectivity index (χ4v) is 3.99. The fraction of sp³-hybridized carbons (Fsp3) is 0.176. The van der Waals surface area contributed by atoms with Gasteiger partial charge in [-0.05, 0) is 83.0 Å². The molecule has 12 N–H and O–H groups in total. The van der Waals surface area contributed by atoms with Crippen LogP contribution in [0.4, 0.5) is 0 Å². The molecule has 0 aromatic heterocycles. The van der Waals surface area contributed by atoms with Crippen molar-refractivity contribution in [2.45, 2.75) is 0 Å². The smallest absolute Gasteiger partial charge is 0.124 e. The van der Waals surface area contributed by atoms with Gasteiger partial charge in [0.25, 0.3) is 0 Å². The van der Waals surface area contributed by atoms with Gasteiger partial charge in [-0.2, -0.15) is 13.1 Å². The predicted molar refractivity (Wildman–Crippen MR) is 196 cm³/mol. The van der Waals surface area contributed by atoms with Crippen LogP contribution in [-0.4, -0.2) is 59.8 Å². The Morgan fingerprint density at radius 3 is 1.16 bits per heavy atom. The molecule has 0 aliphatic carbocycles. The Balaban J connectivity index is 0.000000367. The van der Waals surface area contributed by atoms with Crippen LogP contribution in [0.2, 0.25) is 0 Å². The largest absolute Gasteiger partial charge is 0.679 e. The van der Waals surface area contributed by atoms with Crippen LogP contribution in [0, 0.1) is 0 Å². The zero-order valence-corrected chi connectivity index (χ0v) is 34.2. The molecule has 6 rings (SSSR count). The van der Waals surface area contributed by atoms with E-state index in [9.17, 15) is 20.4 Å². The Bertz CT molecular complexity index is 1490. The molecule has 0 amide bonds. The van der Waals surface area contributed by atoms with E-state index in [1.165, 1.54) is 0 Å². The molecule has 0 fully saturated rings. The van der Waals surface area contributed by atoms with Crippen LogP contribution >= 0.6 is 37.7 Å². The second-order valence-corrected chi connectivity index (χ2v) is 19.6. The summed E-state index contributed by atoms with van der Waals surface area (Å²) in [6.45, 7) is 3.31. The summed E-state index contributed by atoms with van der Waals surface area (Å²) < 4.78 is 11.2. The van der Waals surface area contributed by atoms with Gasteiger partial charge in [-0.3, -0.25) is 0 Å². The van der Waals surface area contributed by atoms with Crippen LogP contribution in [0.3, 0.4) is 0 Å². The summed E-state index contributed by atoms with van der Waals surface area (Å²) in [5.74, 6) is 2.29. The number of quaternary nitrogens is 2. The first-order valence-electron chi connectivity index (χ1n) is 14.5. The van der Waals surface area contributed by atoms with Gasteiger partial charge < -0.3 is 52.8 Å². The third-order valence-electron chi connectivity index (χ3n) is 6.27. The van der Waals surface area contributed by atoms with Gasteiger partial charge in [-0.1, -0.05) is 24.3 Å². The van der Waals surface area contributed by atoms with Crippen molar-refractivity contribution in [1.29, 1.82) is 0 Å². The molecule has 2 aliphatic heterocycles. The zero-order valence-electron chi connectivity index (χ0n) is 26.6. The Morgan fingerprint density at radius 2 is 0.880 bits per heavy atom. The maximum atomic E-state index is 9.37. The van der Waals surface area contributed by atoms with Crippen molar-refractivity contribution in [3.63, 3.8) is 0 Å². The van der Waals surface area contributed by atoms with Gasteiger partial charge in [-0.15, -0.1) is 0 Å². The predicted octanol–water partition coefficient (Wildman–Crippen LogP) is 7.38. The van der Waals surface area contributed by atoms with Crippen molar-refractivity contribution >= 4 is 61.0 Å². The Labute approximate surface area is 325 Å². The summed E-state index contributed by atoms with van der Waals surface area (Å²) in [4.78, 5) is 0. The second kappa shape index (κ2) is 26.3. The standard InChI is InChI=1S/2C15H12O3.C2H8N2.C2H6N2.4ClH.2Pt/c2*16-13-4-1-10(2-5-13)12-7-11-3-6-14(17)8-15(11)18-9-12;2*3-1-2-4;;;;;;/h2*1-8,16-17H,9H2;1-4H2;3-4H,1-2H2;4*1H;;/q;;;-2;;;;;+1;+3/p-2. The van der Waals surface area contributed by atoms with E-state index in [0.29, 0.717) is 24.7 Å². The average molecular weight is 1130 g/mol. The van der Waals surface area contributed by atoms with Crippen molar-refractivity contribution in [3.05, 3.63) is 119 Å². The number of hydrogen-bond donors (Lipinski definition) is 6. The van der Waals surface area contributed by atoms with Crippen LogP contribution in [0.5, 0.6) is 34.5 Å². The summed E-state index contributed by atoms with van der Waals surface area (Å²) in [6.07, 6.45) is 4.06. The van der Waals surface area contributed by atoms with Gasteiger partial charge >= 0.3 is 70.6 Å². The zero-order chi connectivity index (χ0) is 37.5. The quantitative estimate of drug-likeness (QED) is 0.123. The average Bonchev–Trinajstić information content (AvgIpc) is 3.13. The number of hydrogen-bond acceptors (Lipinski definition) is 6. The third kappa shape index (κ3) is 17.6. The van der Waals surface area contributed by atoms with E-state index in [1.54, 1.807) is 67.3 Å². The molecular weight excluding hydrogens is 1090 g/mol. The van der Waals surface area contributed by atoms with Crippen LogP contribution in [-0.2, 0) is 33.0 Å². The Kier molecular flexibility index (Phi) is 24.0. The molecule has 0 spiro atoms. The minimum Gasteiger partial charge on any atom is -0.679 e. The maximum absolute atomic E-state index is 9.37. The number of ether oxygens (including phenoxy) is 2. The minimum atomic E-state index is -1.85. The monoisotopic (exact) mass is 1130 g/mol. The van der Waals surface area contributed by atoms with Crippen molar-refractivity contribution in [2.24, 2.45) is 0 Å². The molecule has 4 aromatic rings. The van der Waals surface area contributed by atoms with E-state index in [-0.39, 0.29) is 36.1 Å². The number of aromatic hydroxyl groups is 4. The summed E-state index contributed by atoms with van der Waals surface area (Å²) in [5, 5.41) is 37.3. The van der Waals surface area contributed by atoms with Crippen LogP contribution in [0.25, 0.3) is 34.8 Å². The molecule has 0 saturated heterocycles. The molecule has 50 heavy (non-hydrogen) atoms. The number of benzene rings is 4. The summed E-state index contributed by atoms with van der Waals surface area (Å²) in [6, 6.07) is 24.2. The van der Waals surface area contributed by atoms with Crippen molar-refractivity contribution in [3.8, 4) is 34.5 Å². The van der Waals surface area contributed by atoms with Crippen molar-refractivity contribution in [2.75, 3.05) is 39.4 Å². The van der Waals surface area contributed by atoms with E-state index in [0.717, 1.165) is 46.5 Å². The molecule has 0 unspecified atom stereocenters. The number of phenols is 4. The molecule has 280 valence electrons. The molecule has 0 radical (unpaired) electrons. The molecular formula is C34H40Cl4N4O6Pt2. The SMILES string of the molecule is Oc1ccc(C2=Cc3ccc(O)cc3OC2)cc1.Oc1ccc(C2=Cc3ccc(O)cc3OC2)cc1.[Cl][Pt].[Cl][Pt]([Cl])[Cl].[NH-]CC[NH-].[NH3+]CC[NH3+]. The van der Waals surface area contributed by atoms with Crippen molar-refractivity contribution < 1.29 is 74.3 Å². The summed E-state index contributed by atoms with van der Waals surface area (Å²) in [5.41, 5.74) is 25.6. The number of fused-ring (bicyclic) bond motifs is 2. The second-order valence-electron chi connectivity index (χ2n) is 9.80. The molecule has 4 aromatic carbocycles. The van der Waals surface area contributed by atoms with Gasteiger partial charge in [0.1, 0.15) is 60.8 Å². The van der Waals surface area contributed by atoms with Crippen LogP contribution in [0.15, 0.2) is 84.9 Å². The Morgan fingerprint density at radius 1 is 0.580 bits per heavy atom. The number of nitrogens with one attached hydrogen (secondary N) is 2. The van der Waals surface area contributed by atoms with Gasteiger partial charge in [0, 0.05) is 23.3 Å². The fourth-order valence-electron chi connectivity index (χ4n) is 3.99. The molecule has 2 aliphatic rings. The van der Waals surface area contributed by atoms with Crippen molar-refractivity contribution in [1.82, 2.24) is 0 Å². The van der Waals surface area contributed by atoms with Crippen LogP contribution in [0.1, 0.15) is 22.3 Å². The number of halogens is 4. The van der Waals surface area contributed by atoms with Gasteiger partial charge in [0.2, 0.25) is 0 Å². The molecule has 0 saturated carbocycles. The first kappa shape index (κ1) is 45.6. The molecule has 0 bridgehead atoms. The van der Waals surface area contributed by atoms with E-state index in [1.807, 2.05) is 48.6 Å². The summed E-state index contributed by atoms with van der Waals surface area (Å²) in [7, 11) is 19.5. The normalized spacial score (nSPS) is 11.9. The van der Waals surface area contributed by atoms with E-state index < -0.39 is 14.2 Å². The third-order valence-corrected chi connectivity index (χ3v) is 6.27. The maximum Gasteiger partial charge on any atom is 0.124 e. The minimum absolute atomic E-state index is 0.204. The van der Waals surface area contributed by atoms with E-state index in [4.69, 9.17) is 49.2 Å². The van der Waals surface area contributed by atoms with Gasteiger partial charge in [-0.25, -0.2) is 0 Å². The Hall–Kier alpha value is -2.46. The first-order valence-corrected chi connectivity index (χ1v) is 25.8. The number of rotatable bonds is 4. The molecule has 0 atom stereocenters. The van der Waals surface area contributed by atoms with Gasteiger partial charge in [0.15, 0.2) is 0 Å². The van der Waals surface area contributed by atoms with E-state index in [2.05, 4.69) is 20.9 Å². The molecule has 16 heteroatoms. The van der Waals surface area contributed by atoms with Crippen LogP contribution < -0.4 is 20.9 Å². The first-order chi connectivity index (χ1) is 24.0. The van der Waals surface area contributed by atoms with Gasteiger partial charge in [0.05, 0.1) is 0 Å². The topological polar surface area (TPSA) is 202 Å². The summed E-state index contributed by atoms with van der Waals surface area (Å²) >= 11 is -0.241. The molecule has 2 heterocycles. The number of phenolic OH excluding ortho intramolecular Hbond substituents is 4. The molecule has 10 nitrogen and oxygen atoms in total.